The number of carbonyl (C=O) groups excluding carboxylic acids is 2. The van der Waals surface area contributed by atoms with Crippen LogP contribution in [0.1, 0.15) is 30.0 Å². The van der Waals surface area contributed by atoms with Crippen molar-refractivity contribution >= 4 is 11.9 Å². The molecule has 0 saturated carbocycles. The van der Waals surface area contributed by atoms with E-state index in [1.54, 1.807) is 37.3 Å². The van der Waals surface area contributed by atoms with Crippen LogP contribution in [-0.2, 0) is 37.3 Å². The highest BCUT2D eigenvalue weighted by atomic mass is 19.4. The summed E-state index contributed by atoms with van der Waals surface area (Å²) in [6.07, 6.45) is -4.94. The molecular weight excluding hydrogens is 373 g/mol. The van der Waals surface area contributed by atoms with E-state index in [1.807, 2.05) is 0 Å². The largest absolute Gasteiger partial charge is 0.468 e. The van der Waals surface area contributed by atoms with E-state index in [2.05, 4.69) is 0 Å². The molecule has 28 heavy (non-hydrogen) atoms. The van der Waals surface area contributed by atoms with E-state index in [4.69, 9.17) is 9.47 Å². The Balaban J connectivity index is 2.13. The average molecular weight is 392 g/mol. The summed E-state index contributed by atoms with van der Waals surface area (Å²) in [4.78, 5) is 25.2. The number of halogens is 3. The Morgan fingerprint density at radius 1 is 1.14 bits per heavy atom. The van der Waals surface area contributed by atoms with E-state index in [0.717, 1.165) is 12.1 Å². The summed E-state index contributed by atoms with van der Waals surface area (Å²) in [7, 11) is 1.18. The van der Waals surface area contributed by atoms with Gasteiger partial charge in [0.05, 0.1) is 19.1 Å². The predicted octanol–water partition coefficient (Wildman–Crippen LogP) is 4.27. The van der Waals surface area contributed by atoms with E-state index in [1.165, 1.54) is 19.2 Å². The Morgan fingerprint density at radius 2 is 1.82 bits per heavy atom. The second kappa shape index (κ2) is 6.96. The SMILES string of the molecule is COC(=O)C1(Cc2cccc(C(F)(F)F)c2)CC(=O)OC1(C)c1ccccc1. The fourth-order valence-corrected chi connectivity index (χ4v) is 3.84. The number of methoxy groups -OCH3 is 1. The smallest absolute Gasteiger partial charge is 0.416 e. The molecule has 2 unspecified atom stereocenters. The summed E-state index contributed by atoms with van der Waals surface area (Å²) >= 11 is 0. The van der Waals surface area contributed by atoms with Crippen LogP contribution in [0.2, 0.25) is 0 Å². The van der Waals surface area contributed by atoms with Gasteiger partial charge in [-0.1, -0.05) is 48.5 Å². The zero-order valence-corrected chi connectivity index (χ0v) is 15.4. The van der Waals surface area contributed by atoms with E-state index in [9.17, 15) is 22.8 Å². The van der Waals surface area contributed by atoms with Crippen LogP contribution in [0.4, 0.5) is 13.2 Å². The monoisotopic (exact) mass is 392 g/mol. The van der Waals surface area contributed by atoms with Crippen LogP contribution in [-0.4, -0.2) is 19.0 Å². The van der Waals surface area contributed by atoms with Crippen molar-refractivity contribution in [2.45, 2.75) is 31.5 Å². The lowest BCUT2D eigenvalue weighted by Gasteiger charge is -2.39. The first kappa shape index (κ1) is 19.9. The molecule has 0 amide bonds. The first-order chi connectivity index (χ1) is 13.1. The number of rotatable bonds is 4. The van der Waals surface area contributed by atoms with Crippen molar-refractivity contribution in [1.82, 2.24) is 0 Å². The maximum atomic E-state index is 13.1. The van der Waals surface area contributed by atoms with Crippen molar-refractivity contribution in [3.05, 3.63) is 71.3 Å². The Labute approximate surface area is 160 Å². The third-order valence-corrected chi connectivity index (χ3v) is 5.34. The lowest BCUT2D eigenvalue weighted by Crippen LogP contribution is -2.48. The molecule has 4 nitrogen and oxygen atoms in total. The summed E-state index contributed by atoms with van der Waals surface area (Å²) in [5.74, 6) is -1.31. The number of ether oxygens (including phenoxy) is 2. The Bertz CT molecular complexity index is 894. The fourth-order valence-electron chi connectivity index (χ4n) is 3.84. The molecule has 0 aliphatic carbocycles. The van der Waals surface area contributed by atoms with Gasteiger partial charge in [-0.25, -0.2) is 0 Å². The molecule has 1 aliphatic heterocycles. The summed E-state index contributed by atoms with van der Waals surface area (Å²) in [6, 6.07) is 13.4. The highest BCUT2D eigenvalue weighted by Gasteiger charge is 2.64. The van der Waals surface area contributed by atoms with Crippen LogP contribution < -0.4 is 0 Å². The molecule has 148 valence electrons. The molecule has 1 heterocycles. The van der Waals surface area contributed by atoms with Crippen molar-refractivity contribution < 1.29 is 32.2 Å². The lowest BCUT2D eigenvalue weighted by atomic mass is 9.65. The number of hydrogen-bond acceptors (Lipinski definition) is 4. The first-order valence-electron chi connectivity index (χ1n) is 8.64. The molecule has 0 spiro atoms. The van der Waals surface area contributed by atoms with Gasteiger partial charge < -0.3 is 9.47 Å². The van der Waals surface area contributed by atoms with Gasteiger partial charge in [-0.2, -0.15) is 13.2 Å². The highest BCUT2D eigenvalue weighted by Crippen LogP contribution is 2.53. The molecule has 7 heteroatoms. The zero-order chi connectivity index (χ0) is 20.6. The van der Waals surface area contributed by atoms with Gasteiger partial charge in [0.15, 0.2) is 5.60 Å². The second-order valence-electron chi connectivity index (χ2n) is 7.00. The average Bonchev–Trinajstić information content (AvgIpc) is 2.93. The quantitative estimate of drug-likeness (QED) is 0.730. The van der Waals surface area contributed by atoms with Crippen molar-refractivity contribution in [2.24, 2.45) is 5.41 Å². The normalized spacial score (nSPS) is 24.7. The van der Waals surface area contributed by atoms with Crippen LogP contribution in [0, 0.1) is 5.41 Å². The van der Waals surface area contributed by atoms with Gasteiger partial charge in [0, 0.05) is 0 Å². The third kappa shape index (κ3) is 3.25. The number of esters is 2. The summed E-state index contributed by atoms with van der Waals surface area (Å²) in [5, 5.41) is 0. The molecule has 2 aromatic carbocycles. The maximum Gasteiger partial charge on any atom is 0.416 e. The van der Waals surface area contributed by atoms with Gasteiger partial charge in [0.2, 0.25) is 0 Å². The number of benzene rings is 2. The van der Waals surface area contributed by atoms with Gasteiger partial charge in [0.1, 0.15) is 5.41 Å². The van der Waals surface area contributed by atoms with Crippen molar-refractivity contribution in [3.8, 4) is 0 Å². The standard InChI is InChI=1S/C21H19F3O4/c1-19(15-8-4-3-5-9-15)20(18(26)27-2,13-17(25)28-19)12-14-7-6-10-16(11-14)21(22,23)24/h3-11H,12-13H2,1-2H3. The molecule has 1 fully saturated rings. The molecule has 0 aromatic heterocycles. The number of carbonyl (C=O) groups is 2. The van der Waals surface area contributed by atoms with Gasteiger partial charge >= 0.3 is 18.1 Å². The number of alkyl halides is 3. The molecule has 2 atom stereocenters. The Kier molecular flexibility index (Phi) is 4.95. The highest BCUT2D eigenvalue weighted by molar-refractivity contribution is 5.89. The minimum absolute atomic E-state index is 0.138. The summed E-state index contributed by atoms with van der Waals surface area (Å²) < 4.78 is 49.9. The van der Waals surface area contributed by atoms with Crippen molar-refractivity contribution in [2.75, 3.05) is 7.11 Å². The molecule has 3 rings (SSSR count). The van der Waals surface area contributed by atoms with Crippen LogP contribution in [0.5, 0.6) is 0 Å². The van der Waals surface area contributed by atoms with Crippen LogP contribution >= 0.6 is 0 Å². The molecule has 0 radical (unpaired) electrons. The van der Waals surface area contributed by atoms with Crippen LogP contribution in [0.3, 0.4) is 0 Å². The molecule has 1 saturated heterocycles. The van der Waals surface area contributed by atoms with Crippen LogP contribution in [0.15, 0.2) is 54.6 Å². The third-order valence-electron chi connectivity index (χ3n) is 5.34. The lowest BCUT2D eigenvalue weighted by molar-refractivity contribution is -0.167. The van der Waals surface area contributed by atoms with Gasteiger partial charge in [-0.3, -0.25) is 9.59 Å². The molecule has 2 aromatic rings. The minimum atomic E-state index is -4.51. The Morgan fingerprint density at radius 3 is 2.43 bits per heavy atom. The Hall–Kier alpha value is -2.83. The second-order valence-corrected chi connectivity index (χ2v) is 7.00. The van der Waals surface area contributed by atoms with E-state index in [0.29, 0.717) is 5.56 Å². The zero-order valence-electron chi connectivity index (χ0n) is 15.4. The summed E-state index contributed by atoms with van der Waals surface area (Å²) in [5.41, 5.74) is -2.87. The topological polar surface area (TPSA) is 52.6 Å². The fraction of sp³-hybridized carbons (Fsp3) is 0.333. The number of cyclic esters (lactones) is 1. The molecule has 0 bridgehead atoms. The van der Waals surface area contributed by atoms with Gasteiger partial charge in [0.25, 0.3) is 0 Å². The predicted molar refractivity (Wildman–Crippen MR) is 94.1 cm³/mol. The van der Waals surface area contributed by atoms with Gasteiger partial charge in [-0.15, -0.1) is 0 Å². The van der Waals surface area contributed by atoms with E-state index in [-0.39, 0.29) is 18.4 Å². The molecule has 0 N–H and O–H groups in total. The minimum Gasteiger partial charge on any atom is -0.468 e. The van der Waals surface area contributed by atoms with E-state index < -0.39 is 34.7 Å². The number of hydrogen-bond donors (Lipinski definition) is 0. The van der Waals surface area contributed by atoms with Gasteiger partial charge in [-0.05, 0) is 30.5 Å². The van der Waals surface area contributed by atoms with Crippen molar-refractivity contribution in [1.29, 1.82) is 0 Å². The first-order valence-corrected chi connectivity index (χ1v) is 8.64. The summed E-state index contributed by atoms with van der Waals surface area (Å²) in [6.45, 7) is 1.60. The molecular formula is C21H19F3O4. The van der Waals surface area contributed by atoms with Crippen LogP contribution in [0.25, 0.3) is 0 Å². The van der Waals surface area contributed by atoms with E-state index >= 15 is 0 Å². The molecule has 1 aliphatic rings. The van der Waals surface area contributed by atoms with Crippen molar-refractivity contribution in [3.63, 3.8) is 0 Å². The maximum absolute atomic E-state index is 13.1.